The number of carbonyl (C=O) groups excluding carboxylic acids is 1. The Morgan fingerprint density at radius 1 is 1.21 bits per heavy atom. The summed E-state index contributed by atoms with van der Waals surface area (Å²) in [6.45, 7) is 0.507. The summed E-state index contributed by atoms with van der Waals surface area (Å²) in [5.41, 5.74) is 2.26. The molecule has 0 atom stereocenters. The van der Waals surface area contributed by atoms with Crippen LogP contribution >= 0.6 is 0 Å². The van der Waals surface area contributed by atoms with Gasteiger partial charge in [-0.3, -0.25) is 4.79 Å². The summed E-state index contributed by atoms with van der Waals surface area (Å²) in [6.07, 6.45) is 1.78. The monoisotopic (exact) mass is 326 g/mol. The maximum atomic E-state index is 12.7. The fourth-order valence-electron chi connectivity index (χ4n) is 2.63. The highest BCUT2D eigenvalue weighted by molar-refractivity contribution is 6.27. The first-order chi connectivity index (χ1) is 11.6. The lowest BCUT2D eigenvalue weighted by atomic mass is 9.98. The maximum Gasteiger partial charge on any atom is 0.256 e. The van der Waals surface area contributed by atoms with E-state index in [4.69, 9.17) is 9.47 Å². The number of para-hydroxylation sites is 2. The van der Waals surface area contributed by atoms with E-state index in [1.165, 1.54) is 6.07 Å². The quantitative estimate of drug-likeness (QED) is 0.753. The third kappa shape index (κ3) is 2.86. The van der Waals surface area contributed by atoms with Crippen molar-refractivity contribution in [1.29, 1.82) is 0 Å². The minimum atomic E-state index is -0.317. The number of amides is 1. The molecule has 1 amide bonds. The smallest absolute Gasteiger partial charge is 0.256 e. The summed E-state index contributed by atoms with van der Waals surface area (Å²) in [7, 11) is 3.12. The van der Waals surface area contributed by atoms with Crippen molar-refractivity contribution < 1.29 is 19.4 Å². The van der Waals surface area contributed by atoms with Gasteiger partial charge in [-0.1, -0.05) is 18.2 Å². The first kappa shape index (κ1) is 15.7. The SMILES string of the molecule is COc1cc2c(c(OC)c1)C(C(=O)Nc1ccccc1O)=CCN2. The Hall–Kier alpha value is -3.15. The van der Waals surface area contributed by atoms with Crippen LogP contribution in [0, 0.1) is 0 Å². The summed E-state index contributed by atoms with van der Waals surface area (Å²) in [5.74, 6) is 0.876. The molecule has 0 aliphatic carbocycles. The molecule has 2 aromatic carbocycles. The predicted molar refractivity (Wildman–Crippen MR) is 92.7 cm³/mol. The van der Waals surface area contributed by atoms with E-state index < -0.39 is 0 Å². The van der Waals surface area contributed by atoms with E-state index >= 15 is 0 Å². The average molecular weight is 326 g/mol. The van der Waals surface area contributed by atoms with Gasteiger partial charge in [0, 0.05) is 24.4 Å². The molecule has 0 saturated carbocycles. The lowest BCUT2D eigenvalue weighted by Gasteiger charge is -2.22. The lowest BCUT2D eigenvalue weighted by molar-refractivity contribution is -0.111. The van der Waals surface area contributed by atoms with Gasteiger partial charge in [-0.25, -0.2) is 0 Å². The van der Waals surface area contributed by atoms with Crippen molar-refractivity contribution in [2.75, 3.05) is 31.4 Å². The summed E-state index contributed by atoms with van der Waals surface area (Å²) in [4.78, 5) is 12.7. The lowest BCUT2D eigenvalue weighted by Crippen LogP contribution is -2.19. The second kappa shape index (κ2) is 6.54. The van der Waals surface area contributed by atoms with Crippen molar-refractivity contribution in [3.05, 3.63) is 48.0 Å². The Labute approximate surface area is 139 Å². The predicted octanol–water partition coefficient (Wildman–Crippen LogP) is 2.86. The molecule has 1 aliphatic heterocycles. The molecule has 6 heteroatoms. The van der Waals surface area contributed by atoms with Crippen LogP contribution in [0.1, 0.15) is 5.56 Å². The highest BCUT2D eigenvalue weighted by Gasteiger charge is 2.24. The number of fused-ring (bicyclic) bond motifs is 1. The molecule has 0 unspecified atom stereocenters. The number of hydrogen-bond donors (Lipinski definition) is 3. The van der Waals surface area contributed by atoms with Crippen LogP contribution in [0.4, 0.5) is 11.4 Å². The minimum Gasteiger partial charge on any atom is -0.506 e. The van der Waals surface area contributed by atoms with Gasteiger partial charge in [0.1, 0.15) is 17.2 Å². The molecule has 0 radical (unpaired) electrons. The molecule has 124 valence electrons. The van der Waals surface area contributed by atoms with E-state index in [9.17, 15) is 9.90 Å². The number of phenolic OH excluding ortho intramolecular Hbond substituents is 1. The number of carbonyl (C=O) groups is 1. The Balaban J connectivity index is 1.98. The van der Waals surface area contributed by atoms with E-state index in [0.717, 1.165) is 5.69 Å². The van der Waals surface area contributed by atoms with Crippen LogP contribution < -0.4 is 20.1 Å². The highest BCUT2D eigenvalue weighted by Crippen LogP contribution is 2.39. The fourth-order valence-corrected chi connectivity index (χ4v) is 2.63. The third-order valence-electron chi connectivity index (χ3n) is 3.80. The molecule has 3 N–H and O–H groups in total. The van der Waals surface area contributed by atoms with Crippen LogP contribution in [0.5, 0.6) is 17.2 Å². The molecule has 1 aliphatic rings. The standard InChI is InChI=1S/C18H18N2O4/c1-23-11-9-14-17(16(10-11)24-2)12(7-8-19-14)18(22)20-13-5-3-4-6-15(13)21/h3-7,9-10,19,21H,8H2,1-2H3,(H,20,22). The second-order valence-corrected chi connectivity index (χ2v) is 5.22. The van der Waals surface area contributed by atoms with Gasteiger partial charge >= 0.3 is 0 Å². The Morgan fingerprint density at radius 3 is 2.71 bits per heavy atom. The van der Waals surface area contributed by atoms with Crippen LogP contribution in [0.15, 0.2) is 42.5 Å². The Morgan fingerprint density at radius 2 is 2.00 bits per heavy atom. The maximum absolute atomic E-state index is 12.7. The van der Waals surface area contributed by atoms with Crippen molar-refractivity contribution >= 4 is 22.9 Å². The number of phenols is 1. The van der Waals surface area contributed by atoms with Gasteiger partial charge < -0.3 is 25.2 Å². The van der Waals surface area contributed by atoms with Crippen LogP contribution in [0.2, 0.25) is 0 Å². The molecule has 6 nitrogen and oxygen atoms in total. The van der Waals surface area contributed by atoms with E-state index in [2.05, 4.69) is 10.6 Å². The number of benzene rings is 2. The normalized spacial score (nSPS) is 12.5. The van der Waals surface area contributed by atoms with Crippen molar-refractivity contribution in [2.24, 2.45) is 0 Å². The van der Waals surface area contributed by atoms with Crippen molar-refractivity contribution in [3.63, 3.8) is 0 Å². The summed E-state index contributed by atoms with van der Waals surface area (Å²) < 4.78 is 10.7. The number of methoxy groups -OCH3 is 2. The Bertz CT molecular complexity index is 815. The second-order valence-electron chi connectivity index (χ2n) is 5.22. The van der Waals surface area contributed by atoms with Gasteiger partial charge in [0.15, 0.2) is 0 Å². The average Bonchev–Trinajstić information content (AvgIpc) is 2.61. The largest absolute Gasteiger partial charge is 0.506 e. The first-order valence-corrected chi connectivity index (χ1v) is 7.44. The van der Waals surface area contributed by atoms with Gasteiger partial charge in [0.25, 0.3) is 5.91 Å². The molecule has 0 saturated heterocycles. The fraction of sp³-hybridized carbons (Fsp3) is 0.167. The zero-order chi connectivity index (χ0) is 17.1. The number of nitrogens with one attached hydrogen (secondary N) is 2. The molecule has 0 aromatic heterocycles. The van der Waals surface area contributed by atoms with Crippen molar-refractivity contribution in [2.45, 2.75) is 0 Å². The van der Waals surface area contributed by atoms with Gasteiger partial charge in [0.05, 0.1) is 31.0 Å². The van der Waals surface area contributed by atoms with Gasteiger partial charge in [0.2, 0.25) is 0 Å². The molecular weight excluding hydrogens is 308 g/mol. The third-order valence-corrected chi connectivity index (χ3v) is 3.80. The summed E-state index contributed by atoms with van der Waals surface area (Å²) >= 11 is 0. The van der Waals surface area contributed by atoms with Crippen molar-refractivity contribution in [3.8, 4) is 17.2 Å². The number of ether oxygens (including phenoxy) is 2. The molecule has 24 heavy (non-hydrogen) atoms. The van der Waals surface area contributed by atoms with Crippen LogP contribution in [-0.4, -0.2) is 31.8 Å². The number of hydrogen-bond acceptors (Lipinski definition) is 5. The Kier molecular flexibility index (Phi) is 4.29. The zero-order valence-corrected chi connectivity index (χ0v) is 13.4. The van der Waals surface area contributed by atoms with E-state index in [0.29, 0.717) is 34.9 Å². The van der Waals surface area contributed by atoms with Crippen LogP contribution in [0.25, 0.3) is 5.57 Å². The molecule has 3 rings (SSSR count). The van der Waals surface area contributed by atoms with E-state index in [1.54, 1.807) is 44.6 Å². The molecule has 0 fully saturated rings. The summed E-state index contributed by atoms with van der Waals surface area (Å²) in [5, 5.41) is 15.8. The number of aromatic hydroxyl groups is 1. The van der Waals surface area contributed by atoms with Gasteiger partial charge in [-0.2, -0.15) is 0 Å². The molecule has 0 bridgehead atoms. The van der Waals surface area contributed by atoms with Gasteiger partial charge in [-0.15, -0.1) is 0 Å². The molecule has 2 aromatic rings. The summed E-state index contributed by atoms with van der Waals surface area (Å²) in [6, 6.07) is 10.1. The zero-order valence-electron chi connectivity index (χ0n) is 13.4. The molecular formula is C18H18N2O4. The molecule has 1 heterocycles. The van der Waals surface area contributed by atoms with Crippen LogP contribution in [-0.2, 0) is 4.79 Å². The van der Waals surface area contributed by atoms with Crippen molar-refractivity contribution in [1.82, 2.24) is 0 Å². The number of anilines is 2. The first-order valence-electron chi connectivity index (χ1n) is 7.44. The highest BCUT2D eigenvalue weighted by atomic mass is 16.5. The number of rotatable bonds is 4. The van der Waals surface area contributed by atoms with Gasteiger partial charge in [-0.05, 0) is 12.1 Å². The minimum absolute atomic E-state index is 0.0160. The van der Waals surface area contributed by atoms with E-state index in [1.807, 2.05) is 6.07 Å². The van der Waals surface area contributed by atoms with Crippen LogP contribution in [0.3, 0.4) is 0 Å². The van der Waals surface area contributed by atoms with E-state index in [-0.39, 0.29) is 11.7 Å². The molecule has 0 spiro atoms. The topological polar surface area (TPSA) is 79.8 Å².